The van der Waals surface area contributed by atoms with Gasteiger partial charge in [0.25, 0.3) is 0 Å². The number of hydrogen-bond acceptors (Lipinski definition) is 12. The van der Waals surface area contributed by atoms with Crippen molar-refractivity contribution in [2.75, 3.05) is 0 Å². The van der Waals surface area contributed by atoms with Gasteiger partial charge in [0.05, 0.1) is 9.75 Å². The molecule has 8 heterocycles. The molecule has 0 aromatic carbocycles. The molecule has 45 heavy (non-hydrogen) atoms. The molecular formula is C33H26N6S6. The molecule has 224 valence electrons. The molecule has 0 spiro atoms. The number of hydrogen-bond donors (Lipinski definition) is 0. The van der Waals surface area contributed by atoms with E-state index < -0.39 is 0 Å². The fourth-order valence-corrected chi connectivity index (χ4v) is 11.0. The zero-order valence-corrected chi connectivity index (χ0v) is 29.3. The van der Waals surface area contributed by atoms with Crippen LogP contribution in [-0.2, 0) is 6.42 Å². The second-order valence-electron chi connectivity index (χ2n) is 10.8. The standard InChI is InChI=1S/C33H26N6S6/c1-3-4-5-6-7-19-9-11-23(41-19)21-17-35-31(33-29(21)37-39-45-33)27-15-13-25(43-27)24-12-14-26(42-24)30-32-28(36-38-44-32)20(16-34-30)22-10-8-18(2)40-22/h8-17H,3-7H2,1-2H3. The molecule has 0 saturated carbocycles. The van der Waals surface area contributed by atoms with Crippen LogP contribution in [0.4, 0.5) is 0 Å². The monoisotopic (exact) mass is 698 g/mol. The number of nitrogens with zero attached hydrogens (tertiary/aromatic N) is 6. The average molecular weight is 699 g/mol. The number of aromatic nitrogens is 6. The lowest BCUT2D eigenvalue weighted by Crippen LogP contribution is -1.85. The first-order chi connectivity index (χ1) is 22.2. The van der Waals surface area contributed by atoms with E-state index in [-0.39, 0.29) is 0 Å². The highest BCUT2D eigenvalue weighted by molar-refractivity contribution is 7.26. The maximum atomic E-state index is 4.97. The fourth-order valence-electron chi connectivity index (χ4n) is 5.41. The van der Waals surface area contributed by atoms with Crippen LogP contribution in [0.15, 0.2) is 60.9 Å². The van der Waals surface area contributed by atoms with Crippen LogP contribution < -0.4 is 0 Å². The molecule has 0 N–H and O–H groups in total. The van der Waals surface area contributed by atoms with E-state index in [0.717, 1.165) is 59.1 Å². The van der Waals surface area contributed by atoms with Gasteiger partial charge in [-0.15, -0.1) is 55.5 Å². The second kappa shape index (κ2) is 12.5. The van der Waals surface area contributed by atoms with Crippen molar-refractivity contribution in [3.05, 3.63) is 70.7 Å². The lowest BCUT2D eigenvalue weighted by molar-refractivity contribution is 0.670. The first-order valence-electron chi connectivity index (χ1n) is 14.7. The van der Waals surface area contributed by atoms with Crippen molar-refractivity contribution in [1.82, 2.24) is 29.1 Å². The predicted molar refractivity (Wildman–Crippen MR) is 195 cm³/mol. The van der Waals surface area contributed by atoms with Gasteiger partial charge in [0, 0.05) is 52.8 Å². The number of fused-ring (bicyclic) bond motifs is 2. The summed E-state index contributed by atoms with van der Waals surface area (Å²) in [5, 5.41) is 9.04. The van der Waals surface area contributed by atoms with Crippen molar-refractivity contribution in [3.8, 4) is 51.8 Å². The van der Waals surface area contributed by atoms with E-state index in [1.807, 2.05) is 23.7 Å². The van der Waals surface area contributed by atoms with Gasteiger partial charge in [0.2, 0.25) is 0 Å². The Morgan fingerprint density at radius 1 is 0.556 bits per heavy atom. The van der Waals surface area contributed by atoms with Crippen LogP contribution in [0.3, 0.4) is 0 Å². The maximum Gasteiger partial charge on any atom is 0.118 e. The minimum atomic E-state index is 0.919. The number of rotatable bonds is 10. The van der Waals surface area contributed by atoms with Crippen molar-refractivity contribution in [2.45, 2.75) is 46.0 Å². The van der Waals surface area contributed by atoms with Crippen molar-refractivity contribution in [1.29, 1.82) is 0 Å². The third kappa shape index (κ3) is 5.57. The number of thiophene rings is 4. The van der Waals surface area contributed by atoms with Crippen molar-refractivity contribution in [2.24, 2.45) is 0 Å². The van der Waals surface area contributed by atoms with Crippen LogP contribution in [0.1, 0.15) is 42.4 Å². The zero-order chi connectivity index (χ0) is 30.3. The van der Waals surface area contributed by atoms with Gasteiger partial charge < -0.3 is 0 Å². The summed E-state index contributed by atoms with van der Waals surface area (Å²) in [5.41, 5.74) is 5.87. The van der Waals surface area contributed by atoms with E-state index in [9.17, 15) is 0 Å². The Labute approximate surface area is 284 Å². The molecule has 8 rings (SSSR count). The van der Waals surface area contributed by atoms with E-state index in [2.05, 4.69) is 81.6 Å². The van der Waals surface area contributed by atoms with E-state index >= 15 is 0 Å². The van der Waals surface area contributed by atoms with Gasteiger partial charge in [-0.3, -0.25) is 9.97 Å². The summed E-state index contributed by atoms with van der Waals surface area (Å²) in [6.45, 7) is 4.37. The topological polar surface area (TPSA) is 77.3 Å². The predicted octanol–water partition coefficient (Wildman–Crippen LogP) is 11.5. The molecule has 0 radical (unpaired) electrons. The van der Waals surface area contributed by atoms with Crippen LogP contribution in [-0.4, -0.2) is 29.1 Å². The molecule has 6 nitrogen and oxygen atoms in total. The summed E-state index contributed by atoms with van der Waals surface area (Å²) in [6.07, 6.45) is 10.2. The van der Waals surface area contributed by atoms with Crippen LogP contribution in [0, 0.1) is 6.92 Å². The highest BCUT2D eigenvalue weighted by Gasteiger charge is 2.20. The largest absolute Gasteiger partial charge is 0.253 e. The summed E-state index contributed by atoms with van der Waals surface area (Å²) in [6, 6.07) is 17.5. The maximum absolute atomic E-state index is 4.97. The Balaban J connectivity index is 1.07. The van der Waals surface area contributed by atoms with E-state index in [0.29, 0.717) is 0 Å². The lowest BCUT2D eigenvalue weighted by atomic mass is 10.1. The molecule has 0 amide bonds. The Hall–Kier alpha value is -3.26. The molecule has 0 atom stereocenters. The fraction of sp³-hybridized carbons (Fsp3) is 0.212. The number of pyridine rings is 2. The average Bonchev–Trinajstić information content (AvgIpc) is 3.90. The van der Waals surface area contributed by atoms with Gasteiger partial charge >= 0.3 is 0 Å². The van der Waals surface area contributed by atoms with Gasteiger partial charge in [0.15, 0.2) is 0 Å². The van der Waals surface area contributed by atoms with Gasteiger partial charge in [-0.2, -0.15) is 0 Å². The summed E-state index contributed by atoms with van der Waals surface area (Å²) in [5.74, 6) is 0. The molecule has 0 fully saturated rings. The second-order valence-corrected chi connectivity index (χ2v) is 16.9. The smallest absolute Gasteiger partial charge is 0.118 e. The molecule has 0 saturated heterocycles. The first-order valence-corrected chi connectivity index (χ1v) is 19.6. The normalized spacial score (nSPS) is 11.8. The third-order valence-electron chi connectivity index (χ3n) is 7.69. The molecule has 0 aliphatic heterocycles. The number of unbranched alkanes of at least 4 members (excludes halogenated alkanes) is 3. The van der Waals surface area contributed by atoms with E-state index in [4.69, 9.17) is 9.97 Å². The van der Waals surface area contributed by atoms with Crippen LogP contribution >= 0.6 is 68.4 Å². The Bertz CT molecular complexity index is 2260. The Morgan fingerprint density at radius 3 is 1.69 bits per heavy atom. The van der Waals surface area contributed by atoms with Gasteiger partial charge in [0.1, 0.15) is 31.8 Å². The van der Waals surface area contributed by atoms with Crippen molar-refractivity contribution >= 4 is 88.8 Å². The summed E-state index contributed by atoms with van der Waals surface area (Å²) in [4.78, 5) is 19.6. The van der Waals surface area contributed by atoms with Gasteiger partial charge in [-0.1, -0.05) is 35.2 Å². The molecule has 0 bridgehead atoms. The third-order valence-corrected chi connectivity index (χ3v) is 13.8. The zero-order valence-electron chi connectivity index (χ0n) is 24.4. The summed E-state index contributed by atoms with van der Waals surface area (Å²) >= 11 is 9.95. The van der Waals surface area contributed by atoms with Gasteiger partial charge in [-0.25, -0.2) is 0 Å². The summed E-state index contributed by atoms with van der Waals surface area (Å²) < 4.78 is 10.7. The quantitative estimate of drug-likeness (QED) is 0.132. The molecule has 0 aliphatic carbocycles. The van der Waals surface area contributed by atoms with Crippen molar-refractivity contribution in [3.63, 3.8) is 0 Å². The molecular weight excluding hydrogens is 673 g/mol. The molecule has 8 aromatic rings. The van der Waals surface area contributed by atoms with Crippen LogP contribution in [0.2, 0.25) is 0 Å². The van der Waals surface area contributed by atoms with E-state index in [1.165, 1.54) is 78.0 Å². The molecule has 8 aromatic heterocycles. The Morgan fingerprint density at radius 2 is 1.11 bits per heavy atom. The molecule has 12 heteroatoms. The highest BCUT2D eigenvalue weighted by Crippen LogP contribution is 2.45. The molecule has 0 aliphatic rings. The van der Waals surface area contributed by atoms with Crippen LogP contribution in [0.5, 0.6) is 0 Å². The van der Waals surface area contributed by atoms with Crippen molar-refractivity contribution < 1.29 is 0 Å². The first kappa shape index (κ1) is 29.2. The van der Waals surface area contributed by atoms with Gasteiger partial charge in [-0.05, 0) is 91.4 Å². The van der Waals surface area contributed by atoms with Crippen LogP contribution in [0.25, 0.3) is 72.2 Å². The Kier molecular flexibility index (Phi) is 8.10. The minimum absolute atomic E-state index is 0.919. The summed E-state index contributed by atoms with van der Waals surface area (Å²) in [7, 11) is 0. The minimum Gasteiger partial charge on any atom is -0.253 e. The SMILES string of the molecule is CCCCCCc1ccc(-c2cnc(-c3ccc(-c4ccc(-c5ncc(-c6ccc(C)s6)c6nnsc56)s4)s3)c3snnc23)s1. The van der Waals surface area contributed by atoms with E-state index in [1.54, 1.807) is 34.0 Å². The highest BCUT2D eigenvalue weighted by atomic mass is 32.1. The number of aryl methyl sites for hydroxylation is 2. The lowest BCUT2D eigenvalue weighted by Gasteiger charge is -2.03. The molecule has 0 unspecified atom stereocenters.